The predicted molar refractivity (Wildman–Crippen MR) is 78.6 cm³/mol. The van der Waals surface area contributed by atoms with Gasteiger partial charge in [0.15, 0.2) is 0 Å². The highest BCUT2D eigenvalue weighted by Gasteiger charge is 2.23. The van der Waals surface area contributed by atoms with Gasteiger partial charge < -0.3 is 10.4 Å². The Morgan fingerprint density at radius 1 is 1.52 bits per heavy atom. The number of aromatic carboxylic acids is 1. The molecule has 1 aromatic rings. The van der Waals surface area contributed by atoms with Crippen LogP contribution in [0.4, 0.5) is 15.8 Å². The number of nitrogens with zero attached hydrogens (tertiary/aromatic N) is 1. The van der Waals surface area contributed by atoms with Gasteiger partial charge in [0.2, 0.25) is 0 Å². The fourth-order valence-electron chi connectivity index (χ4n) is 2.21. The largest absolute Gasteiger partial charge is 0.478 e. The quantitative estimate of drug-likeness (QED) is 0.641. The smallest absolute Gasteiger partial charge is 0.338 e. The van der Waals surface area contributed by atoms with Crippen molar-refractivity contribution in [3.8, 4) is 0 Å². The Labute approximate surface area is 124 Å². The lowest BCUT2D eigenvalue weighted by molar-refractivity contribution is -0.384. The maximum absolute atomic E-state index is 13.7. The summed E-state index contributed by atoms with van der Waals surface area (Å²) < 4.78 is 13.7. The Bertz CT molecular complexity index is 561. The summed E-state index contributed by atoms with van der Waals surface area (Å²) >= 11 is 1.79. The van der Waals surface area contributed by atoms with E-state index in [1.165, 1.54) is 6.42 Å². The summed E-state index contributed by atoms with van der Waals surface area (Å²) in [6.07, 6.45) is 3.30. The van der Waals surface area contributed by atoms with Crippen molar-refractivity contribution in [3.63, 3.8) is 0 Å². The van der Waals surface area contributed by atoms with E-state index in [-0.39, 0.29) is 5.69 Å². The summed E-state index contributed by atoms with van der Waals surface area (Å²) in [5, 5.41) is 23.0. The number of benzene rings is 1. The fraction of sp³-hybridized carbons (Fsp3) is 0.462. The zero-order valence-corrected chi connectivity index (χ0v) is 12.0. The van der Waals surface area contributed by atoms with Gasteiger partial charge in [-0.2, -0.15) is 11.8 Å². The number of nitrogens with one attached hydrogen (secondary N) is 1. The van der Waals surface area contributed by atoms with E-state index < -0.39 is 28.0 Å². The minimum absolute atomic E-state index is 0.0219. The summed E-state index contributed by atoms with van der Waals surface area (Å²) in [6.45, 7) is 0.497. The lowest BCUT2D eigenvalue weighted by atomic mass is 10.1. The van der Waals surface area contributed by atoms with Crippen molar-refractivity contribution in [2.75, 3.05) is 17.6 Å². The summed E-state index contributed by atoms with van der Waals surface area (Å²) in [4.78, 5) is 21.1. The third kappa shape index (κ3) is 3.84. The number of hydrogen-bond acceptors (Lipinski definition) is 5. The summed E-state index contributed by atoms with van der Waals surface area (Å²) in [5.41, 5.74) is -1.09. The number of carboxylic acid groups (broad SMARTS) is 1. The molecule has 21 heavy (non-hydrogen) atoms. The minimum Gasteiger partial charge on any atom is -0.478 e. The number of hydrogen-bond donors (Lipinski definition) is 2. The molecule has 1 aliphatic rings. The van der Waals surface area contributed by atoms with Crippen LogP contribution in [0, 0.1) is 15.9 Å². The van der Waals surface area contributed by atoms with E-state index >= 15 is 0 Å². The molecule has 0 aromatic heterocycles. The number of thioether (sulfide) groups is 1. The van der Waals surface area contributed by atoms with E-state index in [4.69, 9.17) is 5.11 Å². The van der Waals surface area contributed by atoms with Crippen LogP contribution < -0.4 is 5.32 Å². The zero-order chi connectivity index (χ0) is 15.4. The number of rotatable bonds is 5. The van der Waals surface area contributed by atoms with Crippen LogP contribution in [0.15, 0.2) is 12.1 Å². The van der Waals surface area contributed by atoms with E-state index in [1.54, 1.807) is 11.8 Å². The van der Waals surface area contributed by atoms with E-state index in [0.717, 1.165) is 30.7 Å². The molecule has 0 saturated carbocycles. The first kappa shape index (κ1) is 15.6. The predicted octanol–water partition coefficient (Wildman–Crippen LogP) is 3.13. The van der Waals surface area contributed by atoms with Crippen molar-refractivity contribution in [3.05, 3.63) is 33.6 Å². The first-order valence-corrected chi connectivity index (χ1v) is 7.60. The Morgan fingerprint density at radius 2 is 2.29 bits per heavy atom. The Hall–Kier alpha value is -1.83. The van der Waals surface area contributed by atoms with Gasteiger partial charge in [-0.25, -0.2) is 9.18 Å². The minimum atomic E-state index is -1.52. The van der Waals surface area contributed by atoms with Gasteiger partial charge in [-0.1, -0.05) is 6.42 Å². The molecule has 1 heterocycles. The van der Waals surface area contributed by atoms with Crippen LogP contribution in [0.25, 0.3) is 0 Å². The summed E-state index contributed by atoms with van der Waals surface area (Å²) in [5.74, 6) is -1.45. The van der Waals surface area contributed by atoms with Gasteiger partial charge in [0.1, 0.15) is 17.1 Å². The van der Waals surface area contributed by atoms with E-state index in [0.29, 0.717) is 11.8 Å². The van der Waals surface area contributed by atoms with Crippen LogP contribution in [0.1, 0.15) is 29.6 Å². The maximum Gasteiger partial charge on any atom is 0.338 e. The summed E-state index contributed by atoms with van der Waals surface area (Å²) in [7, 11) is 0. The lowest BCUT2D eigenvalue weighted by Gasteiger charge is -2.21. The average molecular weight is 314 g/mol. The SMILES string of the molecule is O=C(O)c1cc([N+](=O)[O-])c(NCC2CCCCS2)cc1F. The Kier molecular flexibility index (Phi) is 5.00. The van der Waals surface area contributed by atoms with Crippen molar-refractivity contribution >= 4 is 29.1 Å². The van der Waals surface area contributed by atoms with Crippen LogP contribution in [-0.2, 0) is 0 Å². The van der Waals surface area contributed by atoms with E-state index in [2.05, 4.69) is 5.32 Å². The molecule has 114 valence electrons. The molecule has 1 unspecified atom stereocenters. The van der Waals surface area contributed by atoms with Crippen molar-refractivity contribution in [1.29, 1.82) is 0 Å². The highest BCUT2D eigenvalue weighted by atomic mass is 32.2. The Balaban J connectivity index is 2.19. The second kappa shape index (κ2) is 6.75. The van der Waals surface area contributed by atoms with Crippen LogP contribution in [0.2, 0.25) is 0 Å². The number of carboxylic acids is 1. The molecule has 0 spiro atoms. The maximum atomic E-state index is 13.7. The molecule has 0 aliphatic carbocycles. The van der Waals surface area contributed by atoms with Gasteiger partial charge in [-0.3, -0.25) is 10.1 Å². The average Bonchev–Trinajstić information content (AvgIpc) is 2.45. The van der Waals surface area contributed by atoms with Gasteiger partial charge in [-0.15, -0.1) is 0 Å². The molecular weight excluding hydrogens is 299 g/mol. The molecule has 1 atom stereocenters. The first-order valence-electron chi connectivity index (χ1n) is 6.55. The molecule has 2 N–H and O–H groups in total. The molecule has 1 aliphatic heterocycles. The van der Waals surface area contributed by atoms with Crippen LogP contribution >= 0.6 is 11.8 Å². The molecule has 1 fully saturated rings. The number of nitro groups is 1. The third-order valence-electron chi connectivity index (χ3n) is 3.31. The normalized spacial score (nSPS) is 18.2. The topological polar surface area (TPSA) is 92.5 Å². The molecule has 2 rings (SSSR count). The number of halogens is 1. The van der Waals surface area contributed by atoms with Crippen LogP contribution in [0.3, 0.4) is 0 Å². The van der Waals surface area contributed by atoms with Crippen molar-refractivity contribution in [1.82, 2.24) is 0 Å². The Morgan fingerprint density at radius 3 is 2.86 bits per heavy atom. The lowest BCUT2D eigenvalue weighted by Crippen LogP contribution is -2.20. The van der Waals surface area contributed by atoms with Gasteiger partial charge in [0.25, 0.3) is 5.69 Å². The first-order chi connectivity index (χ1) is 9.99. The van der Waals surface area contributed by atoms with Gasteiger partial charge in [-0.05, 0) is 18.6 Å². The molecule has 0 bridgehead atoms. The number of nitro benzene ring substituents is 1. The number of carbonyl (C=O) groups is 1. The van der Waals surface area contributed by atoms with Gasteiger partial charge in [0.05, 0.1) is 4.92 Å². The van der Waals surface area contributed by atoms with Crippen LogP contribution in [0.5, 0.6) is 0 Å². The molecule has 0 amide bonds. The van der Waals surface area contributed by atoms with Gasteiger partial charge >= 0.3 is 5.97 Å². The van der Waals surface area contributed by atoms with Crippen molar-refractivity contribution < 1.29 is 19.2 Å². The van der Waals surface area contributed by atoms with Crippen molar-refractivity contribution in [2.24, 2.45) is 0 Å². The molecular formula is C13H15FN2O4S. The highest BCUT2D eigenvalue weighted by Crippen LogP contribution is 2.30. The molecule has 1 aromatic carbocycles. The van der Waals surface area contributed by atoms with Crippen molar-refractivity contribution in [2.45, 2.75) is 24.5 Å². The highest BCUT2D eigenvalue weighted by molar-refractivity contribution is 7.99. The molecule has 0 radical (unpaired) electrons. The monoisotopic (exact) mass is 314 g/mol. The standard InChI is InChI=1S/C13H15FN2O4S/c14-10-6-11(15-7-8-3-1-2-4-21-8)12(16(19)20)5-9(10)13(17)18/h5-6,8,15H,1-4,7H2,(H,17,18). The second-order valence-electron chi connectivity index (χ2n) is 4.78. The summed E-state index contributed by atoms with van der Waals surface area (Å²) in [6, 6.07) is 1.64. The zero-order valence-electron chi connectivity index (χ0n) is 11.2. The third-order valence-corrected chi connectivity index (χ3v) is 4.70. The molecule has 8 heteroatoms. The molecule has 6 nitrogen and oxygen atoms in total. The fourth-order valence-corrected chi connectivity index (χ4v) is 3.45. The van der Waals surface area contributed by atoms with Gasteiger partial charge in [0, 0.05) is 23.9 Å². The second-order valence-corrected chi connectivity index (χ2v) is 6.19. The van der Waals surface area contributed by atoms with E-state index in [1.807, 2.05) is 0 Å². The van der Waals surface area contributed by atoms with Crippen LogP contribution in [-0.4, -0.2) is 33.5 Å². The number of anilines is 1. The molecule has 1 saturated heterocycles. The van der Waals surface area contributed by atoms with E-state index in [9.17, 15) is 19.3 Å².